The van der Waals surface area contributed by atoms with Gasteiger partial charge in [0.25, 0.3) is 47.3 Å². The lowest BCUT2D eigenvalue weighted by Gasteiger charge is -2.28. The minimum atomic E-state index is -0.667. The second-order valence-electron chi connectivity index (χ2n) is 14.8. The first-order valence-electron chi connectivity index (χ1n) is 21.3. The third-order valence-corrected chi connectivity index (χ3v) is 10.6. The first-order chi connectivity index (χ1) is 32.6. The van der Waals surface area contributed by atoms with Crippen molar-refractivity contribution in [1.82, 2.24) is 52.3 Å². The van der Waals surface area contributed by atoms with Gasteiger partial charge >= 0.3 is 0 Å². The Kier molecular flexibility index (Phi) is 19.6. The molecule has 0 aromatic heterocycles. The summed E-state index contributed by atoms with van der Waals surface area (Å²) in [7, 11) is 5.52. The Hall–Kier alpha value is -8.24. The minimum Gasteiger partial charge on any atom is -0.506 e. The van der Waals surface area contributed by atoms with Crippen molar-refractivity contribution in [2.45, 2.75) is 0 Å². The second kappa shape index (κ2) is 25.5. The van der Waals surface area contributed by atoms with Crippen molar-refractivity contribution in [3.05, 3.63) is 117 Å². The molecule has 0 saturated carbocycles. The van der Waals surface area contributed by atoms with Gasteiger partial charge in [0.05, 0.1) is 44.5 Å². The van der Waals surface area contributed by atoms with Crippen molar-refractivity contribution in [2.75, 3.05) is 93.6 Å². The Morgan fingerprint density at radius 2 is 0.500 bits per heavy atom. The summed E-state index contributed by atoms with van der Waals surface area (Å²) < 4.78 is 0. The zero-order valence-electron chi connectivity index (χ0n) is 37.9. The average Bonchev–Trinajstić information content (AvgIpc) is 3.34. The summed E-state index contributed by atoms with van der Waals surface area (Å²) in [6.07, 6.45) is 0. The summed E-state index contributed by atoms with van der Waals surface area (Å²) >= 11 is 0. The van der Waals surface area contributed by atoms with Crippen LogP contribution in [0.4, 0.5) is 0 Å². The smallest absolute Gasteiger partial charge is 0.255 e. The highest BCUT2D eigenvalue weighted by molar-refractivity contribution is 6.06. The molecular weight excluding hydrogens is 885 g/mol. The van der Waals surface area contributed by atoms with Crippen LogP contribution in [-0.4, -0.2) is 171 Å². The van der Waals surface area contributed by atoms with Gasteiger partial charge in [-0.15, -0.1) is 0 Å². The van der Waals surface area contributed by atoms with Gasteiger partial charge in [-0.3, -0.25) is 48.2 Å². The molecule has 22 heteroatoms. The molecule has 0 aliphatic rings. The molecule has 0 aliphatic carbocycles. The van der Waals surface area contributed by atoms with Crippen LogP contribution >= 0.6 is 0 Å². The van der Waals surface area contributed by atoms with E-state index in [4.69, 9.17) is 0 Å². The predicted molar refractivity (Wildman–Crippen MR) is 248 cm³/mol. The van der Waals surface area contributed by atoms with Gasteiger partial charge in [0, 0.05) is 93.6 Å². The summed E-state index contributed by atoms with van der Waals surface area (Å²) in [5, 5.41) is 63.3. The third-order valence-electron chi connectivity index (χ3n) is 10.6. The third kappa shape index (κ3) is 13.6. The normalized spacial score (nSPS) is 10.7. The number of aromatic hydroxyl groups is 4. The number of carbonyl (C=O) groups excluding carboxylic acids is 8. The molecule has 22 nitrogen and oxygen atoms in total. The molecule has 0 spiro atoms. The lowest BCUT2D eigenvalue weighted by Crippen LogP contribution is -2.45. The van der Waals surface area contributed by atoms with Gasteiger partial charge < -0.3 is 63.0 Å². The fraction of sp³-hybridized carbons (Fsp3) is 0.304. The standard InChI is InChI=1S/C46H56N10O12/c1-47-39(61)27-9-5-13-31(35(27)57)43(65)51-17-21-55(22-18-52-44(66)32-14-6-10-28(36(32)58)40(62)48-2)25-26-56(23-19-53-45(67)33-15-7-11-29(37(33)59)41(63)49-3)24-20-54-46(68)34-16-8-12-30(38(34)60)42(64)50-4/h5-16,57-60H,17-26H2,1-4H3,(H,47,61)(H,48,62)(H,49,63)(H,50,64)(H,51,65)(H,52,66)(H,53,67)(H,54,68). The molecule has 4 aromatic carbocycles. The number of nitrogens with one attached hydrogen (secondary N) is 8. The molecule has 0 heterocycles. The van der Waals surface area contributed by atoms with Crippen molar-refractivity contribution in [3.63, 3.8) is 0 Å². The van der Waals surface area contributed by atoms with Crippen LogP contribution in [0.3, 0.4) is 0 Å². The second-order valence-corrected chi connectivity index (χ2v) is 14.8. The molecule has 362 valence electrons. The summed E-state index contributed by atoms with van der Waals surface area (Å²) in [6.45, 7) is 1.32. The van der Waals surface area contributed by atoms with Crippen LogP contribution in [0.15, 0.2) is 72.8 Å². The highest BCUT2D eigenvalue weighted by Gasteiger charge is 2.23. The maximum Gasteiger partial charge on any atom is 0.255 e. The number of phenolic OH excluding ortho intramolecular Hbond substituents is 4. The zero-order valence-corrected chi connectivity index (χ0v) is 37.9. The van der Waals surface area contributed by atoms with Crippen LogP contribution < -0.4 is 42.5 Å². The molecule has 12 N–H and O–H groups in total. The molecule has 0 unspecified atom stereocenters. The van der Waals surface area contributed by atoms with Gasteiger partial charge in [0.15, 0.2) is 0 Å². The maximum atomic E-state index is 13.2. The number of carbonyl (C=O) groups is 8. The molecule has 0 bridgehead atoms. The number of hydrogen-bond donors (Lipinski definition) is 12. The molecule has 68 heavy (non-hydrogen) atoms. The van der Waals surface area contributed by atoms with Crippen LogP contribution in [0.25, 0.3) is 0 Å². The Morgan fingerprint density at radius 1 is 0.324 bits per heavy atom. The van der Waals surface area contributed by atoms with E-state index in [1.54, 1.807) is 0 Å². The van der Waals surface area contributed by atoms with Gasteiger partial charge in [0.2, 0.25) is 0 Å². The number of amides is 8. The molecule has 4 rings (SSSR count). The molecule has 8 amide bonds. The Balaban J connectivity index is 1.53. The Labute approximate surface area is 391 Å². The fourth-order valence-corrected chi connectivity index (χ4v) is 6.82. The van der Waals surface area contributed by atoms with Gasteiger partial charge in [-0.2, -0.15) is 0 Å². The summed E-state index contributed by atoms with van der Waals surface area (Å²) in [4.78, 5) is 106. The van der Waals surface area contributed by atoms with E-state index < -0.39 is 70.3 Å². The van der Waals surface area contributed by atoms with Crippen LogP contribution in [0.1, 0.15) is 82.9 Å². The quantitative estimate of drug-likeness (QED) is 0.0450. The van der Waals surface area contributed by atoms with E-state index in [0.717, 1.165) is 0 Å². The van der Waals surface area contributed by atoms with Crippen molar-refractivity contribution in [3.8, 4) is 23.0 Å². The molecular formula is C46H56N10O12. The number of rotatable bonds is 23. The van der Waals surface area contributed by atoms with Crippen molar-refractivity contribution in [1.29, 1.82) is 0 Å². The van der Waals surface area contributed by atoms with E-state index in [1.165, 1.54) is 101 Å². The van der Waals surface area contributed by atoms with Crippen LogP contribution in [0.5, 0.6) is 23.0 Å². The Morgan fingerprint density at radius 3 is 0.676 bits per heavy atom. The first kappa shape index (κ1) is 52.4. The molecule has 0 fully saturated rings. The molecule has 0 aliphatic heterocycles. The number of hydrogen-bond acceptors (Lipinski definition) is 14. The SMILES string of the molecule is CNC(=O)c1cccc(C(=O)NCCN(CCNC(=O)c2cccc(C(=O)NC)c2O)CCN(CCNC(=O)c2cccc(C(=O)NC)c2O)CCNC(=O)c2cccc(C(=O)NC)c2O)c1O. The Bertz CT molecular complexity index is 2180. The van der Waals surface area contributed by atoms with Crippen LogP contribution in [-0.2, 0) is 0 Å². The van der Waals surface area contributed by atoms with E-state index in [0.29, 0.717) is 0 Å². The van der Waals surface area contributed by atoms with E-state index in [9.17, 15) is 58.8 Å². The lowest BCUT2D eigenvalue weighted by molar-refractivity contribution is 0.0916. The highest BCUT2D eigenvalue weighted by atomic mass is 16.3. The number of benzene rings is 4. The maximum absolute atomic E-state index is 13.2. The fourth-order valence-electron chi connectivity index (χ4n) is 6.82. The summed E-state index contributed by atoms with van der Waals surface area (Å²) in [5.41, 5.74) is -0.938. The number of phenols is 4. The van der Waals surface area contributed by atoms with Gasteiger partial charge in [-0.1, -0.05) is 24.3 Å². The largest absolute Gasteiger partial charge is 0.506 e. The van der Waals surface area contributed by atoms with E-state index in [2.05, 4.69) is 42.5 Å². The van der Waals surface area contributed by atoms with Crippen molar-refractivity contribution < 1.29 is 58.8 Å². The number of nitrogens with zero attached hydrogens (tertiary/aromatic N) is 2. The topological polar surface area (TPSA) is 320 Å². The van der Waals surface area contributed by atoms with E-state index in [-0.39, 0.29) is 110 Å². The first-order valence-corrected chi connectivity index (χ1v) is 21.3. The molecule has 4 aromatic rings. The van der Waals surface area contributed by atoms with Gasteiger partial charge in [-0.25, -0.2) is 0 Å². The molecule has 0 atom stereocenters. The monoisotopic (exact) mass is 940 g/mol. The lowest BCUT2D eigenvalue weighted by atomic mass is 10.1. The zero-order chi connectivity index (χ0) is 49.9. The van der Waals surface area contributed by atoms with Crippen molar-refractivity contribution >= 4 is 47.3 Å². The predicted octanol–water partition coefficient (Wildman–Crippen LogP) is -0.429. The summed E-state index contributed by atoms with van der Waals surface area (Å²) in [6, 6.07) is 16.7. The number of para-hydroxylation sites is 4. The summed E-state index contributed by atoms with van der Waals surface area (Å²) in [5.74, 6) is -7.07. The van der Waals surface area contributed by atoms with E-state index >= 15 is 0 Å². The minimum absolute atomic E-state index is 0.0225. The van der Waals surface area contributed by atoms with Crippen molar-refractivity contribution in [2.24, 2.45) is 0 Å². The van der Waals surface area contributed by atoms with Crippen LogP contribution in [0.2, 0.25) is 0 Å². The molecule has 0 radical (unpaired) electrons. The van der Waals surface area contributed by atoms with E-state index in [1.807, 2.05) is 9.80 Å². The average molecular weight is 941 g/mol. The highest BCUT2D eigenvalue weighted by Crippen LogP contribution is 2.25. The molecule has 0 saturated heterocycles. The van der Waals surface area contributed by atoms with Crippen LogP contribution in [0, 0.1) is 0 Å². The van der Waals surface area contributed by atoms with Gasteiger partial charge in [-0.05, 0) is 48.5 Å². The van der Waals surface area contributed by atoms with Gasteiger partial charge in [0.1, 0.15) is 23.0 Å².